The number of aromatic nitrogens is 3. The molecular weight excluding hydrogens is 206 g/mol. The van der Waals surface area contributed by atoms with E-state index in [1.54, 1.807) is 0 Å². The number of furan rings is 1. The molecule has 0 aromatic carbocycles. The maximum absolute atomic E-state index is 5.41. The number of hydrogen-bond donors (Lipinski definition) is 1. The molecule has 0 aliphatic carbocycles. The lowest BCUT2D eigenvalue weighted by Gasteiger charge is -2.10. The number of nitrogens with zero attached hydrogens (tertiary/aromatic N) is 4. The third-order valence-electron chi connectivity index (χ3n) is 2.23. The fourth-order valence-electron chi connectivity index (χ4n) is 1.43. The van der Waals surface area contributed by atoms with Crippen LogP contribution in [0.3, 0.4) is 0 Å². The molecule has 0 saturated heterocycles. The molecule has 6 heteroatoms. The molecular formula is C10H15N5O. The third kappa shape index (κ3) is 1.86. The zero-order valence-electron chi connectivity index (χ0n) is 9.85. The second kappa shape index (κ2) is 3.88. The fraction of sp³-hybridized carbons (Fsp3) is 0.400. The molecule has 0 aliphatic rings. The second-order valence-corrected chi connectivity index (χ2v) is 3.81. The van der Waals surface area contributed by atoms with E-state index in [1.165, 1.54) is 0 Å². The first kappa shape index (κ1) is 10.5. The first-order valence-electron chi connectivity index (χ1n) is 4.98. The number of rotatable bonds is 3. The lowest BCUT2D eigenvalue weighted by Crippen LogP contribution is -2.14. The zero-order chi connectivity index (χ0) is 11.7. The summed E-state index contributed by atoms with van der Waals surface area (Å²) in [5.74, 6) is 2.96. The molecule has 16 heavy (non-hydrogen) atoms. The van der Waals surface area contributed by atoms with Crippen LogP contribution in [0.5, 0.6) is 0 Å². The summed E-state index contributed by atoms with van der Waals surface area (Å²) in [7, 11) is 5.74. The minimum Gasteiger partial charge on any atom is -0.446 e. The van der Waals surface area contributed by atoms with Gasteiger partial charge in [0.1, 0.15) is 5.76 Å². The minimum absolute atomic E-state index is 0.651. The Hall–Kier alpha value is -1.98. The average molecular weight is 221 g/mol. The molecule has 86 valence electrons. The van der Waals surface area contributed by atoms with Crippen LogP contribution in [-0.2, 0) is 7.05 Å². The second-order valence-electron chi connectivity index (χ2n) is 3.81. The number of hydrogen-bond acceptors (Lipinski definition) is 5. The molecule has 2 aromatic heterocycles. The van der Waals surface area contributed by atoms with Crippen LogP contribution in [0, 0.1) is 6.92 Å². The monoisotopic (exact) mass is 221 g/mol. The lowest BCUT2D eigenvalue weighted by molar-refractivity contribution is 0.550. The molecule has 2 heterocycles. The van der Waals surface area contributed by atoms with E-state index in [4.69, 9.17) is 4.42 Å². The van der Waals surface area contributed by atoms with E-state index in [2.05, 4.69) is 15.5 Å². The summed E-state index contributed by atoms with van der Waals surface area (Å²) in [4.78, 5) is 1.89. The maximum atomic E-state index is 5.41. The van der Waals surface area contributed by atoms with Crippen molar-refractivity contribution in [2.45, 2.75) is 6.92 Å². The molecule has 6 nitrogen and oxygen atoms in total. The minimum atomic E-state index is 0.651. The van der Waals surface area contributed by atoms with E-state index < -0.39 is 0 Å². The van der Waals surface area contributed by atoms with Crippen molar-refractivity contribution in [2.75, 3.05) is 24.3 Å². The number of aryl methyl sites for hydroxylation is 1. The Bertz CT molecular complexity index is 485. The highest BCUT2D eigenvalue weighted by molar-refractivity contribution is 5.49. The largest absolute Gasteiger partial charge is 0.446 e. The summed E-state index contributed by atoms with van der Waals surface area (Å²) in [5.41, 5.74) is 0. The van der Waals surface area contributed by atoms with Crippen molar-refractivity contribution in [1.29, 1.82) is 0 Å². The summed E-state index contributed by atoms with van der Waals surface area (Å²) in [6.07, 6.45) is 0. The van der Waals surface area contributed by atoms with Crippen molar-refractivity contribution >= 4 is 17.8 Å². The van der Waals surface area contributed by atoms with Gasteiger partial charge in [-0.3, -0.25) is 9.88 Å². The highest BCUT2D eigenvalue weighted by Crippen LogP contribution is 2.19. The topological polar surface area (TPSA) is 59.1 Å². The number of nitrogens with one attached hydrogen (secondary N) is 1. The first-order valence-corrected chi connectivity index (χ1v) is 4.98. The van der Waals surface area contributed by atoms with E-state index in [0.29, 0.717) is 11.8 Å². The van der Waals surface area contributed by atoms with Gasteiger partial charge in [0.25, 0.3) is 0 Å². The zero-order valence-corrected chi connectivity index (χ0v) is 9.85. The Balaban J connectivity index is 2.22. The maximum Gasteiger partial charge on any atom is 0.232 e. The molecule has 0 aliphatic heterocycles. The highest BCUT2D eigenvalue weighted by atomic mass is 16.4. The summed E-state index contributed by atoms with van der Waals surface area (Å²) in [5, 5.41) is 11.2. The number of anilines is 3. The van der Waals surface area contributed by atoms with E-state index in [-0.39, 0.29) is 0 Å². The van der Waals surface area contributed by atoms with Gasteiger partial charge < -0.3 is 9.32 Å². The van der Waals surface area contributed by atoms with Crippen LogP contribution < -0.4 is 10.2 Å². The average Bonchev–Trinajstić information content (AvgIpc) is 2.76. The van der Waals surface area contributed by atoms with Gasteiger partial charge in [0, 0.05) is 27.2 Å². The Morgan fingerprint density at radius 3 is 2.56 bits per heavy atom. The molecule has 0 atom stereocenters. The van der Waals surface area contributed by atoms with Gasteiger partial charge in [0.2, 0.25) is 11.9 Å². The quantitative estimate of drug-likeness (QED) is 0.851. The standard InChI is InChI=1S/C10H15N5O/c1-7-5-6-8(16-7)11-9-12-13-10(14(2)3)15(9)4/h5-6H,1-4H3,(H,11,12). The van der Waals surface area contributed by atoms with Crippen molar-refractivity contribution in [1.82, 2.24) is 14.8 Å². The molecule has 0 fully saturated rings. The van der Waals surface area contributed by atoms with Crippen LogP contribution in [0.2, 0.25) is 0 Å². The molecule has 0 saturated carbocycles. The molecule has 2 rings (SSSR count). The summed E-state index contributed by atoms with van der Waals surface area (Å²) in [6, 6.07) is 3.75. The van der Waals surface area contributed by atoms with Crippen molar-refractivity contribution in [2.24, 2.45) is 7.05 Å². The van der Waals surface area contributed by atoms with Crippen molar-refractivity contribution in [3.05, 3.63) is 17.9 Å². The van der Waals surface area contributed by atoms with Crippen LogP contribution >= 0.6 is 0 Å². The van der Waals surface area contributed by atoms with Gasteiger partial charge in [0.05, 0.1) is 0 Å². The third-order valence-corrected chi connectivity index (χ3v) is 2.23. The Labute approximate surface area is 93.9 Å². The molecule has 0 spiro atoms. The van der Waals surface area contributed by atoms with E-state index in [0.717, 1.165) is 11.7 Å². The Kier molecular flexibility index (Phi) is 2.55. The molecule has 0 radical (unpaired) electrons. The predicted molar refractivity (Wildman–Crippen MR) is 62.1 cm³/mol. The molecule has 0 bridgehead atoms. The van der Waals surface area contributed by atoms with Crippen molar-refractivity contribution < 1.29 is 4.42 Å². The summed E-state index contributed by atoms with van der Waals surface area (Å²) in [6.45, 7) is 1.90. The summed E-state index contributed by atoms with van der Waals surface area (Å²) < 4.78 is 7.27. The van der Waals surface area contributed by atoms with E-state index in [1.807, 2.05) is 49.7 Å². The van der Waals surface area contributed by atoms with E-state index in [9.17, 15) is 0 Å². The summed E-state index contributed by atoms with van der Waals surface area (Å²) >= 11 is 0. The fourth-order valence-corrected chi connectivity index (χ4v) is 1.43. The van der Waals surface area contributed by atoms with Gasteiger partial charge in [0.15, 0.2) is 5.88 Å². The Morgan fingerprint density at radius 2 is 2.06 bits per heavy atom. The van der Waals surface area contributed by atoms with Gasteiger partial charge >= 0.3 is 0 Å². The SMILES string of the molecule is Cc1ccc(Nc2nnc(N(C)C)n2C)o1. The van der Waals surface area contributed by atoms with Crippen LogP contribution in [0.4, 0.5) is 17.8 Å². The lowest BCUT2D eigenvalue weighted by atomic mass is 10.5. The molecule has 0 unspecified atom stereocenters. The van der Waals surface area contributed by atoms with Crippen molar-refractivity contribution in [3.8, 4) is 0 Å². The highest BCUT2D eigenvalue weighted by Gasteiger charge is 2.10. The first-order chi connectivity index (χ1) is 7.58. The van der Waals surface area contributed by atoms with Crippen LogP contribution in [0.1, 0.15) is 5.76 Å². The van der Waals surface area contributed by atoms with E-state index >= 15 is 0 Å². The van der Waals surface area contributed by atoms with Gasteiger partial charge in [-0.25, -0.2) is 0 Å². The van der Waals surface area contributed by atoms with Gasteiger partial charge in [-0.15, -0.1) is 10.2 Å². The van der Waals surface area contributed by atoms with Gasteiger partial charge in [-0.1, -0.05) is 0 Å². The molecule has 2 aromatic rings. The van der Waals surface area contributed by atoms with Crippen LogP contribution in [0.25, 0.3) is 0 Å². The van der Waals surface area contributed by atoms with Crippen molar-refractivity contribution in [3.63, 3.8) is 0 Å². The van der Waals surface area contributed by atoms with Gasteiger partial charge in [-0.2, -0.15) is 0 Å². The Morgan fingerprint density at radius 1 is 1.31 bits per heavy atom. The van der Waals surface area contributed by atoms with Crippen LogP contribution in [-0.4, -0.2) is 28.9 Å². The van der Waals surface area contributed by atoms with Gasteiger partial charge in [-0.05, 0) is 13.0 Å². The predicted octanol–water partition coefficient (Wildman–Crippen LogP) is 1.53. The molecule has 1 N–H and O–H groups in total. The van der Waals surface area contributed by atoms with Crippen LogP contribution in [0.15, 0.2) is 16.5 Å². The molecule has 0 amide bonds. The normalized spacial score (nSPS) is 10.5. The smallest absolute Gasteiger partial charge is 0.232 e.